The second-order valence-corrected chi connectivity index (χ2v) is 5.19. The van der Waals surface area contributed by atoms with Gasteiger partial charge in [-0.15, -0.1) is 0 Å². The van der Waals surface area contributed by atoms with Gasteiger partial charge in [-0.2, -0.15) is 0 Å². The Bertz CT molecular complexity index is 582. The molecule has 0 saturated carbocycles. The molecule has 5 heteroatoms. The standard InChI is InChI=1S/C16H20N4O/c1-17-14-9-15(18-10-12-7-8-21-11-12)20-16(19-14)13-5-3-2-4-6-13/h2-6,9,12H,7-8,10-11H2,1H3,(H2,17,18,19,20). The second-order valence-electron chi connectivity index (χ2n) is 5.19. The van der Waals surface area contributed by atoms with E-state index in [0.717, 1.165) is 49.2 Å². The first-order chi connectivity index (χ1) is 10.3. The molecule has 1 saturated heterocycles. The van der Waals surface area contributed by atoms with Gasteiger partial charge in [0, 0.05) is 37.7 Å². The summed E-state index contributed by atoms with van der Waals surface area (Å²) in [6.07, 6.45) is 1.11. The molecule has 1 aliphatic heterocycles. The molecule has 2 aromatic rings. The lowest BCUT2D eigenvalue weighted by molar-refractivity contribution is 0.187. The maximum Gasteiger partial charge on any atom is 0.163 e. The number of rotatable bonds is 5. The quantitative estimate of drug-likeness (QED) is 0.884. The Kier molecular flexibility index (Phi) is 4.31. The number of hydrogen-bond donors (Lipinski definition) is 2. The fraction of sp³-hybridized carbons (Fsp3) is 0.375. The van der Waals surface area contributed by atoms with E-state index in [9.17, 15) is 0 Å². The molecule has 1 aliphatic rings. The van der Waals surface area contributed by atoms with Crippen LogP contribution in [0.5, 0.6) is 0 Å². The average molecular weight is 284 g/mol. The van der Waals surface area contributed by atoms with E-state index >= 15 is 0 Å². The van der Waals surface area contributed by atoms with E-state index in [2.05, 4.69) is 20.6 Å². The lowest BCUT2D eigenvalue weighted by atomic mass is 10.1. The molecule has 1 fully saturated rings. The highest BCUT2D eigenvalue weighted by molar-refractivity contribution is 5.61. The zero-order chi connectivity index (χ0) is 14.5. The third-order valence-electron chi connectivity index (χ3n) is 3.61. The number of hydrogen-bond acceptors (Lipinski definition) is 5. The summed E-state index contributed by atoms with van der Waals surface area (Å²) < 4.78 is 5.40. The smallest absolute Gasteiger partial charge is 0.163 e. The molecule has 1 atom stereocenters. The van der Waals surface area contributed by atoms with Gasteiger partial charge in [0.15, 0.2) is 5.82 Å². The summed E-state index contributed by atoms with van der Waals surface area (Å²) in [7, 11) is 1.87. The molecule has 1 aromatic heterocycles. The van der Waals surface area contributed by atoms with Crippen molar-refractivity contribution < 1.29 is 4.74 Å². The first-order valence-corrected chi connectivity index (χ1v) is 7.29. The SMILES string of the molecule is CNc1cc(NCC2CCOC2)nc(-c2ccccc2)n1. The van der Waals surface area contributed by atoms with Crippen molar-refractivity contribution in [2.45, 2.75) is 6.42 Å². The van der Waals surface area contributed by atoms with Crippen molar-refractivity contribution in [1.82, 2.24) is 9.97 Å². The van der Waals surface area contributed by atoms with E-state index < -0.39 is 0 Å². The zero-order valence-corrected chi connectivity index (χ0v) is 12.2. The molecule has 1 aromatic carbocycles. The minimum atomic E-state index is 0.568. The third kappa shape index (κ3) is 3.49. The van der Waals surface area contributed by atoms with Crippen LogP contribution >= 0.6 is 0 Å². The minimum Gasteiger partial charge on any atom is -0.381 e. The van der Waals surface area contributed by atoms with Gasteiger partial charge in [-0.05, 0) is 6.42 Å². The molecule has 2 heterocycles. The van der Waals surface area contributed by atoms with Crippen LogP contribution in [0.2, 0.25) is 0 Å². The summed E-state index contributed by atoms with van der Waals surface area (Å²) in [6, 6.07) is 11.9. The van der Waals surface area contributed by atoms with Crippen molar-refractivity contribution in [3.05, 3.63) is 36.4 Å². The normalized spacial score (nSPS) is 17.7. The molecule has 0 bridgehead atoms. The number of nitrogens with one attached hydrogen (secondary N) is 2. The van der Waals surface area contributed by atoms with Gasteiger partial charge in [0.2, 0.25) is 0 Å². The van der Waals surface area contributed by atoms with E-state index in [0.29, 0.717) is 5.92 Å². The molecular weight excluding hydrogens is 264 g/mol. The topological polar surface area (TPSA) is 59.1 Å². The monoisotopic (exact) mass is 284 g/mol. The third-order valence-corrected chi connectivity index (χ3v) is 3.61. The maximum atomic E-state index is 5.40. The highest BCUT2D eigenvalue weighted by atomic mass is 16.5. The summed E-state index contributed by atoms with van der Waals surface area (Å²) in [4.78, 5) is 9.12. The van der Waals surface area contributed by atoms with Crippen LogP contribution in [0.3, 0.4) is 0 Å². The number of anilines is 2. The van der Waals surface area contributed by atoms with Crippen molar-refractivity contribution in [2.24, 2.45) is 5.92 Å². The number of ether oxygens (including phenoxy) is 1. The van der Waals surface area contributed by atoms with Crippen LogP contribution in [-0.2, 0) is 4.74 Å². The Hall–Kier alpha value is -2.14. The molecular formula is C16H20N4O. The Balaban J connectivity index is 1.79. The van der Waals surface area contributed by atoms with Crippen LogP contribution in [0.15, 0.2) is 36.4 Å². The first kappa shape index (κ1) is 13.8. The Morgan fingerprint density at radius 3 is 2.71 bits per heavy atom. The van der Waals surface area contributed by atoms with Crippen LogP contribution in [0, 0.1) is 5.92 Å². The van der Waals surface area contributed by atoms with E-state index in [4.69, 9.17) is 4.74 Å². The largest absolute Gasteiger partial charge is 0.381 e. The fourth-order valence-electron chi connectivity index (χ4n) is 2.38. The minimum absolute atomic E-state index is 0.568. The van der Waals surface area contributed by atoms with Crippen LogP contribution in [0.1, 0.15) is 6.42 Å². The van der Waals surface area contributed by atoms with Crippen LogP contribution < -0.4 is 10.6 Å². The van der Waals surface area contributed by atoms with Crippen LogP contribution in [0.25, 0.3) is 11.4 Å². The summed E-state index contributed by atoms with van der Waals surface area (Å²) >= 11 is 0. The van der Waals surface area contributed by atoms with Gasteiger partial charge in [0.25, 0.3) is 0 Å². The van der Waals surface area contributed by atoms with E-state index in [-0.39, 0.29) is 0 Å². The highest BCUT2D eigenvalue weighted by Gasteiger charge is 2.15. The van der Waals surface area contributed by atoms with E-state index in [1.165, 1.54) is 0 Å². The number of nitrogens with zero attached hydrogens (tertiary/aromatic N) is 2. The van der Waals surface area contributed by atoms with Crippen molar-refractivity contribution in [1.29, 1.82) is 0 Å². The van der Waals surface area contributed by atoms with Gasteiger partial charge in [-0.3, -0.25) is 0 Å². The maximum absolute atomic E-state index is 5.40. The summed E-state index contributed by atoms with van der Waals surface area (Å²) in [5, 5.41) is 6.49. The molecule has 0 aliphatic carbocycles. The molecule has 0 amide bonds. The summed E-state index contributed by atoms with van der Waals surface area (Å²) in [5.74, 6) is 2.96. The van der Waals surface area contributed by atoms with Crippen molar-refractivity contribution in [3.63, 3.8) is 0 Å². The Morgan fingerprint density at radius 1 is 1.19 bits per heavy atom. The van der Waals surface area contributed by atoms with E-state index in [1.54, 1.807) is 0 Å². The molecule has 0 radical (unpaired) electrons. The van der Waals surface area contributed by atoms with Crippen LogP contribution in [-0.4, -0.2) is 36.8 Å². The predicted octanol–water partition coefficient (Wildman–Crippen LogP) is 2.63. The number of benzene rings is 1. The Labute approximate surface area is 124 Å². The molecule has 110 valence electrons. The lowest BCUT2D eigenvalue weighted by Gasteiger charge is -2.12. The summed E-state index contributed by atoms with van der Waals surface area (Å²) in [5.41, 5.74) is 1.02. The number of aromatic nitrogens is 2. The van der Waals surface area contributed by atoms with Gasteiger partial charge in [-0.1, -0.05) is 30.3 Å². The predicted molar refractivity (Wildman–Crippen MR) is 84.4 cm³/mol. The first-order valence-electron chi connectivity index (χ1n) is 7.29. The van der Waals surface area contributed by atoms with Gasteiger partial charge in [-0.25, -0.2) is 9.97 Å². The van der Waals surface area contributed by atoms with Gasteiger partial charge in [0.1, 0.15) is 11.6 Å². The molecule has 5 nitrogen and oxygen atoms in total. The van der Waals surface area contributed by atoms with Crippen molar-refractivity contribution in [3.8, 4) is 11.4 Å². The average Bonchev–Trinajstić information content (AvgIpc) is 3.07. The molecule has 21 heavy (non-hydrogen) atoms. The second kappa shape index (κ2) is 6.54. The molecule has 0 spiro atoms. The highest BCUT2D eigenvalue weighted by Crippen LogP contribution is 2.20. The van der Waals surface area contributed by atoms with Crippen LogP contribution in [0.4, 0.5) is 11.6 Å². The summed E-state index contributed by atoms with van der Waals surface area (Å²) in [6.45, 7) is 2.59. The van der Waals surface area contributed by atoms with Crippen molar-refractivity contribution in [2.75, 3.05) is 37.4 Å². The fourth-order valence-corrected chi connectivity index (χ4v) is 2.38. The van der Waals surface area contributed by atoms with E-state index in [1.807, 2.05) is 43.4 Å². The van der Waals surface area contributed by atoms with Gasteiger partial charge < -0.3 is 15.4 Å². The molecule has 2 N–H and O–H groups in total. The van der Waals surface area contributed by atoms with Gasteiger partial charge in [0.05, 0.1) is 6.61 Å². The van der Waals surface area contributed by atoms with Crippen molar-refractivity contribution >= 4 is 11.6 Å². The molecule has 3 rings (SSSR count). The molecule has 1 unspecified atom stereocenters. The lowest BCUT2D eigenvalue weighted by Crippen LogP contribution is -2.15. The van der Waals surface area contributed by atoms with Gasteiger partial charge >= 0.3 is 0 Å². The zero-order valence-electron chi connectivity index (χ0n) is 12.2. The Morgan fingerprint density at radius 2 is 2.00 bits per heavy atom.